The Balaban J connectivity index is 2.26. The van der Waals surface area contributed by atoms with E-state index in [0.717, 1.165) is 18.5 Å². The zero-order chi connectivity index (χ0) is 20.0. The van der Waals surface area contributed by atoms with Gasteiger partial charge in [0.25, 0.3) is 5.91 Å². The van der Waals surface area contributed by atoms with Gasteiger partial charge in [-0.3, -0.25) is 4.79 Å². The first-order valence-electron chi connectivity index (χ1n) is 9.34. The molecule has 0 aliphatic heterocycles. The lowest BCUT2D eigenvalue weighted by molar-refractivity contribution is 0.0900. The zero-order valence-corrected chi connectivity index (χ0v) is 17.9. The van der Waals surface area contributed by atoms with Crippen molar-refractivity contribution in [3.8, 4) is 0 Å². The minimum absolute atomic E-state index is 0.122. The first-order chi connectivity index (χ1) is 12.8. The molecule has 0 saturated carbocycles. The van der Waals surface area contributed by atoms with Crippen LogP contribution in [0, 0.1) is 5.92 Å². The van der Waals surface area contributed by atoms with Crippen LogP contribution in [0.15, 0.2) is 48.5 Å². The molecule has 0 spiro atoms. The monoisotopic (exact) mass is 406 g/mol. The van der Waals surface area contributed by atoms with Crippen molar-refractivity contribution >= 4 is 29.1 Å². The van der Waals surface area contributed by atoms with Crippen molar-refractivity contribution in [3.05, 3.63) is 69.7 Å². The Morgan fingerprint density at radius 2 is 1.78 bits per heavy atom. The van der Waals surface area contributed by atoms with Crippen LogP contribution in [0.2, 0.25) is 10.0 Å². The number of halogens is 2. The average Bonchev–Trinajstić information content (AvgIpc) is 2.65. The summed E-state index contributed by atoms with van der Waals surface area (Å²) in [6, 6.07) is 14.9. The Bertz CT molecular complexity index is 751. The molecule has 0 aromatic heterocycles. The highest BCUT2D eigenvalue weighted by atomic mass is 35.5. The van der Waals surface area contributed by atoms with Crippen molar-refractivity contribution < 1.29 is 4.79 Å². The zero-order valence-electron chi connectivity index (χ0n) is 16.4. The minimum Gasteiger partial charge on any atom is -0.344 e. The number of carbonyl (C=O) groups excluding carboxylic acids is 1. The van der Waals surface area contributed by atoms with Crippen molar-refractivity contribution in [2.24, 2.45) is 5.92 Å². The van der Waals surface area contributed by atoms with Gasteiger partial charge in [-0.05, 0) is 43.7 Å². The van der Waals surface area contributed by atoms with Gasteiger partial charge in [-0.2, -0.15) is 0 Å². The normalized spacial score (nSPS) is 14.6. The maximum absolute atomic E-state index is 12.9. The largest absolute Gasteiger partial charge is 0.344 e. The van der Waals surface area contributed by atoms with E-state index >= 15 is 0 Å². The Morgan fingerprint density at radius 3 is 2.37 bits per heavy atom. The molecule has 2 aromatic carbocycles. The standard InChI is InChI=1S/C22H28Cl2N2O/c1-5-15(2)14-26(4)16(3)21(17-9-7-6-8-10-17)25-22(27)19-12-11-18(23)13-20(19)24/h6-13,15-16,21H,5,14H2,1-4H3,(H,25,27). The molecule has 3 nitrogen and oxygen atoms in total. The summed E-state index contributed by atoms with van der Waals surface area (Å²) in [6.45, 7) is 7.55. The minimum atomic E-state index is -0.200. The lowest BCUT2D eigenvalue weighted by Gasteiger charge is -2.34. The number of benzene rings is 2. The van der Waals surface area contributed by atoms with E-state index in [-0.39, 0.29) is 18.0 Å². The van der Waals surface area contributed by atoms with Gasteiger partial charge in [-0.1, -0.05) is 73.8 Å². The number of likely N-dealkylation sites (N-methyl/N-ethyl adjacent to an activating group) is 1. The van der Waals surface area contributed by atoms with E-state index in [1.807, 2.05) is 30.3 Å². The van der Waals surface area contributed by atoms with Crippen LogP contribution in [0.1, 0.15) is 49.2 Å². The molecule has 3 unspecified atom stereocenters. The molecule has 0 radical (unpaired) electrons. The maximum Gasteiger partial charge on any atom is 0.253 e. The van der Waals surface area contributed by atoms with E-state index in [1.165, 1.54) is 0 Å². The first-order valence-corrected chi connectivity index (χ1v) is 10.1. The van der Waals surface area contributed by atoms with Crippen molar-refractivity contribution in [2.45, 2.75) is 39.3 Å². The van der Waals surface area contributed by atoms with Crippen molar-refractivity contribution in [1.29, 1.82) is 0 Å². The van der Waals surface area contributed by atoms with Gasteiger partial charge in [0.2, 0.25) is 0 Å². The summed E-state index contributed by atoms with van der Waals surface area (Å²) < 4.78 is 0. The predicted molar refractivity (Wildman–Crippen MR) is 115 cm³/mol. The second kappa shape index (κ2) is 10.1. The van der Waals surface area contributed by atoms with Crippen LogP contribution in [-0.4, -0.2) is 30.4 Å². The molecule has 146 valence electrons. The van der Waals surface area contributed by atoms with Gasteiger partial charge in [0, 0.05) is 17.6 Å². The van der Waals surface area contributed by atoms with Crippen LogP contribution < -0.4 is 5.32 Å². The van der Waals surface area contributed by atoms with Crippen LogP contribution in [0.25, 0.3) is 0 Å². The Kier molecular flexibility index (Phi) is 8.15. The van der Waals surface area contributed by atoms with E-state index in [2.05, 4.69) is 38.0 Å². The van der Waals surface area contributed by atoms with E-state index in [0.29, 0.717) is 21.5 Å². The molecule has 1 N–H and O–H groups in total. The smallest absolute Gasteiger partial charge is 0.253 e. The second-order valence-corrected chi connectivity index (χ2v) is 8.02. The molecule has 5 heteroatoms. The second-order valence-electron chi connectivity index (χ2n) is 7.18. The van der Waals surface area contributed by atoms with Crippen LogP contribution >= 0.6 is 23.2 Å². The number of hydrogen-bond acceptors (Lipinski definition) is 2. The molecule has 0 saturated heterocycles. The summed E-state index contributed by atoms with van der Waals surface area (Å²) in [5, 5.41) is 4.04. The van der Waals surface area contributed by atoms with Crippen LogP contribution in [0.3, 0.4) is 0 Å². The van der Waals surface area contributed by atoms with E-state index < -0.39 is 0 Å². The number of nitrogens with zero attached hydrogens (tertiary/aromatic N) is 1. The molecule has 27 heavy (non-hydrogen) atoms. The highest BCUT2D eigenvalue weighted by Gasteiger charge is 2.26. The third kappa shape index (κ3) is 5.97. The van der Waals surface area contributed by atoms with Crippen LogP contribution in [0.4, 0.5) is 0 Å². The molecular weight excluding hydrogens is 379 g/mol. The highest BCUT2D eigenvalue weighted by molar-refractivity contribution is 6.36. The summed E-state index contributed by atoms with van der Waals surface area (Å²) in [4.78, 5) is 15.2. The topological polar surface area (TPSA) is 32.3 Å². The number of carbonyl (C=O) groups is 1. The summed E-state index contributed by atoms with van der Waals surface area (Å²) in [7, 11) is 2.11. The van der Waals surface area contributed by atoms with Gasteiger partial charge in [0.05, 0.1) is 16.6 Å². The summed E-state index contributed by atoms with van der Waals surface area (Å²) in [5.74, 6) is 0.393. The Labute approximate surface area is 172 Å². The predicted octanol–water partition coefficient (Wildman–Crippen LogP) is 5.83. The number of hydrogen-bond donors (Lipinski definition) is 1. The van der Waals surface area contributed by atoms with Gasteiger partial charge < -0.3 is 10.2 Å². The van der Waals surface area contributed by atoms with Gasteiger partial charge in [-0.25, -0.2) is 0 Å². The molecule has 0 aliphatic carbocycles. The summed E-state index contributed by atoms with van der Waals surface area (Å²) in [5.41, 5.74) is 1.50. The Hall–Kier alpha value is -1.55. The summed E-state index contributed by atoms with van der Waals surface area (Å²) in [6.07, 6.45) is 1.12. The Morgan fingerprint density at radius 1 is 1.11 bits per heavy atom. The molecule has 0 bridgehead atoms. The fourth-order valence-corrected chi connectivity index (χ4v) is 3.57. The molecular formula is C22H28Cl2N2O. The van der Waals surface area contributed by atoms with Crippen LogP contribution in [-0.2, 0) is 0 Å². The van der Waals surface area contributed by atoms with Gasteiger partial charge >= 0.3 is 0 Å². The van der Waals surface area contributed by atoms with E-state index in [4.69, 9.17) is 23.2 Å². The molecule has 1 amide bonds. The van der Waals surface area contributed by atoms with E-state index in [9.17, 15) is 4.79 Å². The molecule has 3 atom stereocenters. The van der Waals surface area contributed by atoms with E-state index in [1.54, 1.807) is 18.2 Å². The molecule has 2 aromatic rings. The SMILES string of the molecule is CCC(C)CN(C)C(C)C(NC(=O)c1ccc(Cl)cc1Cl)c1ccccc1. The molecule has 0 aliphatic rings. The first kappa shape index (κ1) is 21.7. The van der Waals surface area contributed by atoms with Crippen molar-refractivity contribution in [2.75, 3.05) is 13.6 Å². The quantitative estimate of drug-likeness (QED) is 0.597. The lowest BCUT2D eigenvalue weighted by Crippen LogP contribution is -2.44. The van der Waals surface area contributed by atoms with Crippen molar-refractivity contribution in [3.63, 3.8) is 0 Å². The fraction of sp³-hybridized carbons (Fsp3) is 0.409. The maximum atomic E-state index is 12.9. The van der Waals surface area contributed by atoms with Gasteiger partial charge in [-0.15, -0.1) is 0 Å². The van der Waals surface area contributed by atoms with Crippen LogP contribution in [0.5, 0.6) is 0 Å². The fourth-order valence-electron chi connectivity index (χ4n) is 3.08. The van der Waals surface area contributed by atoms with Gasteiger partial charge in [0.15, 0.2) is 0 Å². The number of rotatable bonds is 8. The van der Waals surface area contributed by atoms with Gasteiger partial charge in [0.1, 0.15) is 0 Å². The molecule has 2 rings (SSSR count). The third-order valence-electron chi connectivity index (χ3n) is 5.10. The van der Waals surface area contributed by atoms with Crippen molar-refractivity contribution in [1.82, 2.24) is 10.2 Å². The number of amides is 1. The number of nitrogens with one attached hydrogen (secondary N) is 1. The summed E-state index contributed by atoms with van der Waals surface area (Å²) >= 11 is 12.2. The lowest BCUT2D eigenvalue weighted by atomic mass is 9.97. The molecule has 0 fully saturated rings. The molecule has 0 heterocycles. The average molecular weight is 407 g/mol. The highest BCUT2D eigenvalue weighted by Crippen LogP contribution is 2.25. The third-order valence-corrected chi connectivity index (χ3v) is 5.64.